The number of ketones is 1. The van der Waals surface area contributed by atoms with E-state index >= 15 is 0 Å². The van der Waals surface area contributed by atoms with Gasteiger partial charge in [-0.15, -0.1) is 0 Å². The highest BCUT2D eigenvalue weighted by atomic mass is 16.3. The molecule has 0 radical (unpaired) electrons. The first-order valence-electron chi connectivity index (χ1n) is 7.99. The molecule has 2 heteroatoms. The molecule has 122 valence electrons. The van der Waals surface area contributed by atoms with E-state index in [1.165, 1.54) is 0 Å². The fourth-order valence-corrected chi connectivity index (χ4v) is 2.78. The predicted octanol–water partition coefficient (Wildman–Crippen LogP) is 5.48. The van der Waals surface area contributed by atoms with Crippen molar-refractivity contribution in [2.75, 3.05) is 0 Å². The van der Waals surface area contributed by atoms with Crippen LogP contribution < -0.4 is 0 Å². The van der Waals surface area contributed by atoms with Crippen LogP contribution in [0, 0.1) is 10.8 Å². The van der Waals surface area contributed by atoms with Crippen molar-refractivity contribution in [1.82, 2.24) is 0 Å². The van der Waals surface area contributed by atoms with E-state index in [1.54, 1.807) is 0 Å². The first-order chi connectivity index (χ1) is 10.5. The number of allylic oxidation sites excluding steroid dienone is 4. The third-order valence-electron chi connectivity index (χ3n) is 3.96. The third kappa shape index (κ3) is 3.64. The molecule has 1 N–H and O–H groups in total. The second-order valence-corrected chi connectivity index (χ2v) is 8.12. The molecular formula is C21H26O2. The normalized spacial score (nSPS) is 18.4. The van der Waals surface area contributed by atoms with E-state index in [1.807, 2.05) is 84.0 Å². The number of carbonyl (C=O) groups is 1. The first-order valence-corrected chi connectivity index (χ1v) is 7.99. The van der Waals surface area contributed by atoms with Crippen LogP contribution in [0.1, 0.15) is 47.1 Å². The molecule has 0 saturated carbocycles. The highest BCUT2D eigenvalue weighted by Gasteiger charge is 2.36. The largest absolute Gasteiger partial charge is 0.507 e. The Hall–Kier alpha value is -2.09. The Kier molecular flexibility index (Phi) is 4.39. The van der Waals surface area contributed by atoms with Crippen LogP contribution in [0.3, 0.4) is 0 Å². The molecule has 0 aliphatic heterocycles. The second-order valence-electron chi connectivity index (χ2n) is 8.12. The van der Waals surface area contributed by atoms with E-state index in [-0.39, 0.29) is 17.0 Å². The summed E-state index contributed by atoms with van der Waals surface area (Å²) in [6.45, 7) is 12.0. The predicted molar refractivity (Wildman–Crippen MR) is 96.1 cm³/mol. The van der Waals surface area contributed by atoms with Crippen LogP contribution in [0.25, 0.3) is 6.08 Å². The van der Waals surface area contributed by atoms with E-state index in [0.29, 0.717) is 11.1 Å². The fraction of sp³-hybridized carbons (Fsp3) is 0.381. The Morgan fingerprint density at radius 2 is 1.48 bits per heavy atom. The van der Waals surface area contributed by atoms with Crippen molar-refractivity contribution in [3.63, 3.8) is 0 Å². The van der Waals surface area contributed by atoms with Gasteiger partial charge in [0.15, 0.2) is 5.78 Å². The van der Waals surface area contributed by atoms with Crippen LogP contribution in [0.5, 0.6) is 0 Å². The summed E-state index contributed by atoms with van der Waals surface area (Å²) in [5, 5.41) is 10.7. The van der Waals surface area contributed by atoms with Gasteiger partial charge in [0, 0.05) is 16.7 Å². The second kappa shape index (κ2) is 5.84. The van der Waals surface area contributed by atoms with Gasteiger partial charge in [0.25, 0.3) is 0 Å². The third-order valence-corrected chi connectivity index (χ3v) is 3.96. The highest BCUT2D eigenvalue weighted by molar-refractivity contribution is 6.15. The topological polar surface area (TPSA) is 37.3 Å². The molecule has 0 fully saturated rings. The summed E-state index contributed by atoms with van der Waals surface area (Å²) in [4.78, 5) is 12.9. The minimum atomic E-state index is -0.415. The highest BCUT2D eigenvalue weighted by Crippen LogP contribution is 2.42. The number of rotatable bonds is 1. The number of carbonyl (C=O) groups excluding carboxylic acids is 1. The van der Waals surface area contributed by atoms with E-state index in [2.05, 4.69) is 0 Å². The Labute approximate surface area is 139 Å². The van der Waals surface area contributed by atoms with E-state index in [0.717, 1.165) is 11.1 Å². The van der Waals surface area contributed by atoms with Crippen molar-refractivity contribution in [3.8, 4) is 0 Å². The summed E-state index contributed by atoms with van der Waals surface area (Å²) in [5.74, 6) is 0.0482. The van der Waals surface area contributed by atoms with Crippen molar-refractivity contribution in [2.24, 2.45) is 10.8 Å². The molecule has 2 nitrogen and oxygen atoms in total. The molecule has 0 bridgehead atoms. The maximum absolute atomic E-state index is 12.9. The average molecular weight is 310 g/mol. The lowest BCUT2D eigenvalue weighted by Crippen LogP contribution is -2.28. The molecule has 0 atom stereocenters. The lowest BCUT2D eigenvalue weighted by atomic mass is 9.72. The molecule has 0 saturated heterocycles. The van der Waals surface area contributed by atoms with E-state index < -0.39 is 5.41 Å². The summed E-state index contributed by atoms with van der Waals surface area (Å²) >= 11 is 0. The Balaban J connectivity index is 2.66. The van der Waals surface area contributed by atoms with Gasteiger partial charge in [0.2, 0.25) is 0 Å². The Bertz CT molecular complexity index is 702. The van der Waals surface area contributed by atoms with Crippen molar-refractivity contribution in [2.45, 2.75) is 41.5 Å². The van der Waals surface area contributed by atoms with Crippen LogP contribution in [-0.4, -0.2) is 10.9 Å². The lowest BCUT2D eigenvalue weighted by Gasteiger charge is -2.32. The lowest BCUT2D eigenvalue weighted by molar-refractivity contribution is -0.113. The molecular weight excluding hydrogens is 284 g/mol. The van der Waals surface area contributed by atoms with Crippen molar-refractivity contribution >= 4 is 11.9 Å². The smallest absolute Gasteiger partial charge is 0.193 e. The number of benzene rings is 1. The van der Waals surface area contributed by atoms with Gasteiger partial charge in [-0.2, -0.15) is 0 Å². The van der Waals surface area contributed by atoms with E-state index in [9.17, 15) is 9.90 Å². The SMILES string of the molecule is CC(C)(C)C1=CC(=Cc2ccccc2)C(=O)C(C(C)(C)C)=C1O. The molecule has 1 aliphatic carbocycles. The zero-order valence-electron chi connectivity index (χ0n) is 14.9. The molecule has 1 aromatic carbocycles. The van der Waals surface area contributed by atoms with E-state index in [4.69, 9.17) is 0 Å². The van der Waals surface area contributed by atoms with Crippen molar-refractivity contribution < 1.29 is 9.90 Å². The minimum Gasteiger partial charge on any atom is -0.507 e. The van der Waals surface area contributed by atoms with Crippen molar-refractivity contribution in [1.29, 1.82) is 0 Å². The van der Waals surface area contributed by atoms with Gasteiger partial charge < -0.3 is 5.11 Å². The van der Waals surface area contributed by atoms with Gasteiger partial charge in [-0.1, -0.05) is 71.9 Å². The molecule has 0 unspecified atom stereocenters. The Morgan fingerprint density at radius 1 is 0.913 bits per heavy atom. The summed E-state index contributed by atoms with van der Waals surface area (Å²) in [6, 6.07) is 9.80. The number of aliphatic hydroxyl groups excluding tert-OH is 1. The maximum Gasteiger partial charge on any atom is 0.193 e. The number of hydrogen-bond acceptors (Lipinski definition) is 2. The maximum atomic E-state index is 12.9. The molecule has 1 aromatic rings. The van der Waals surface area contributed by atoms with Gasteiger partial charge in [0.05, 0.1) is 0 Å². The van der Waals surface area contributed by atoms with Gasteiger partial charge >= 0.3 is 0 Å². The Morgan fingerprint density at radius 3 is 1.96 bits per heavy atom. The standard InChI is InChI=1S/C21H26O2/c1-20(2,3)16-13-15(12-14-10-8-7-9-11-14)18(22)17(19(16)23)21(4,5)6/h7-13,23H,1-6H3. The molecule has 2 rings (SSSR count). The molecule has 0 amide bonds. The summed E-state index contributed by atoms with van der Waals surface area (Å²) in [5.41, 5.74) is 2.26. The van der Waals surface area contributed by atoms with Crippen LogP contribution in [-0.2, 0) is 4.79 Å². The molecule has 0 heterocycles. The monoisotopic (exact) mass is 310 g/mol. The minimum absolute atomic E-state index is 0.0909. The molecule has 0 spiro atoms. The van der Waals surface area contributed by atoms with Crippen LogP contribution in [0.4, 0.5) is 0 Å². The molecule has 0 aromatic heterocycles. The zero-order chi connectivity index (χ0) is 17.4. The summed E-state index contributed by atoms with van der Waals surface area (Å²) in [7, 11) is 0. The summed E-state index contributed by atoms with van der Waals surface area (Å²) in [6.07, 6.45) is 3.73. The number of aliphatic hydroxyl groups is 1. The molecule has 23 heavy (non-hydrogen) atoms. The quantitative estimate of drug-likeness (QED) is 0.697. The number of Topliss-reactive ketones (excluding diaryl/α,β-unsaturated/α-hetero) is 1. The van der Waals surface area contributed by atoms with Gasteiger partial charge in [-0.3, -0.25) is 4.79 Å². The fourth-order valence-electron chi connectivity index (χ4n) is 2.78. The summed E-state index contributed by atoms with van der Waals surface area (Å²) < 4.78 is 0. The molecule has 1 aliphatic rings. The first kappa shape index (κ1) is 17.3. The number of hydrogen-bond donors (Lipinski definition) is 1. The van der Waals surface area contributed by atoms with Gasteiger partial charge in [-0.25, -0.2) is 0 Å². The average Bonchev–Trinajstić information content (AvgIpc) is 2.40. The van der Waals surface area contributed by atoms with Crippen LogP contribution >= 0.6 is 0 Å². The van der Waals surface area contributed by atoms with Gasteiger partial charge in [-0.05, 0) is 28.5 Å². The van der Waals surface area contributed by atoms with Crippen molar-refractivity contribution in [3.05, 3.63) is 64.4 Å². The van der Waals surface area contributed by atoms with Crippen LogP contribution in [0.2, 0.25) is 0 Å². The van der Waals surface area contributed by atoms with Crippen LogP contribution in [0.15, 0.2) is 58.9 Å². The zero-order valence-corrected chi connectivity index (χ0v) is 14.9. The van der Waals surface area contributed by atoms with Gasteiger partial charge in [0.1, 0.15) is 5.76 Å².